The zero-order chi connectivity index (χ0) is 27.0. The van der Waals surface area contributed by atoms with Crippen LogP contribution in [0.5, 0.6) is 0 Å². The van der Waals surface area contributed by atoms with E-state index in [0.29, 0.717) is 23.4 Å². The molecule has 2 saturated heterocycles. The van der Waals surface area contributed by atoms with Gasteiger partial charge in [0.15, 0.2) is 0 Å². The molecule has 5 fully saturated rings. The summed E-state index contributed by atoms with van der Waals surface area (Å²) in [6, 6.07) is 0.157. The predicted octanol–water partition coefficient (Wildman–Crippen LogP) is 4.89. The highest BCUT2D eigenvalue weighted by Gasteiger charge is 2.68. The first-order valence-corrected chi connectivity index (χ1v) is 15.6. The monoisotopic (exact) mass is 525 g/mol. The Labute approximate surface area is 230 Å². The van der Waals surface area contributed by atoms with Crippen LogP contribution < -0.4 is 10.6 Å². The van der Waals surface area contributed by atoms with Crippen molar-refractivity contribution in [1.29, 1.82) is 0 Å². The fourth-order valence-electron chi connectivity index (χ4n) is 10.6. The number of nitrogens with zero attached hydrogens (tertiary/aromatic N) is 1. The summed E-state index contributed by atoms with van der Waals surface area (Å²) in [5.74, 6) is 3.98. The lowest BCUT2D eigenvalue weighted by molar-refractivity contribution is -0.134. The van der Waals surface area contributed by atoms with Gasteiger partial charge in [-0.15, -0.1) is 0 Å². The second kappa shape index (κ2) is 9.33. The Hall–Kier alpha value is -1.40. The van der Waals surface area contributed by atoms with Crippen LogP contribution in [0.1, 0.15) is 91.9 Å². The number of fused-ring (bicyclic) bond motifs is 7. The van der Waals surface area contributed by atoms with Crippen LogP contribution in [0.25, 0.3) is 0 Å². The van der Waals surface area contributed by atoms with Crippen LogP contribution in [-0.4, -0.2) is 55.2 Å². The van der Waals surface area contributed by atoms with E-state index in [2.05, 4.69) is 44.4 Å². The maximum atomic E-state index is 12.5. The van der Waals surface area contributed by atoms with E-state index >= 15 is 0 Å². The molecular weight excluding hydrogens is 474 g/mol. The van der Waals surface area contributed by atoms with Crippen molar-refractivity contribution < 1.29 is 14.3 Å². The normalized spacial score (nSPS) is 49.4. The van der Waals surface area contributed by atoms with Gasteiger partial charge in [-0.3, -0.25) is 14.9 Å². The zero-order valence-corrected chi connectivity index (χ0v) is 24.6. The molecule has 0 bridgehead atoms. The number of amides is 2. The summed E-state index contributed by atoms with van der Waals surface area (Å²) >= 11 is 0. The number of nitrogens with one attached hydrogen (secondary N) is 2. The van der Waals surface area contributed by atoms with Gasteiger partial charge in [-0.1, -0.05) is 39.3 Å². The minimum atomic E-state index is -0.133. The lowest BCUT2D eigenvalue weighted by Gasteiger charge is -2.58. The van der Waals surface area contributed by atoms with Crippen molar-refractivity contribution in [2.75, 3.05) is 20.6 Å². The van der Waals surface area contributed by atoms with Gasteiger partial charge in [0, 0.05) is 32.6 Å². The molecule has 1 spiro atoms. The molecule has 2 N–H and O–H groups in total. The number of hydrogen-bond donors (Lipinski definition) is 2. The number of ether oxygens (including phenoxy) is 1. The smallest absolute Gasteiger partial charge is 0.231 e. The molecule has 11 atom stereocenters. The first-order valence-electron chi connectivity index (χ1n) is 15.6. The van der Waals surface area contributed by atoms with Crippen molar-refractivity contribution in [3.63, 3.8) is 0 Å². The molecule has 0 aromatic heterocycles. The van der Waals surface area contributed by atoms with Crippen molar-refractivity contribution in [3.8, 4) is 0 Å². The van der Waals surface area contributed by atoms with Crippen LogP contribution >= 0.6 is 0 Å². The van der Waals surface area contributed by atoms with Crippen molar-refractivity contribution in [2.45, 2.75) is 110 Å². The van der Waals surface area contributed by atoms with Gasteiger partial charge in [0.25, 0.3) is 0 Å². The third kappa shape index (κ3) is 4.02. The van der Waals surface area contributed by atoms with E-state index in [9.17, 15) is 9.59 Å². The van der Waals surface area contributed by atoms with E-state index in [-0.39, 0.29) is 35.4 Å². The Bertz CT molecular complexity index is 1000. The molecule has 3 saturated carbocycles. The van der Waals surface area contributed by atoms with Crippen molar-refractivity contribution in [3.05, 3.63) is 11.6 Å². The third-order valence-corrected chi connectivity index (χ3v) is 12.8. The molecule has 0 unspecified atom stereocenters. The van der Waals surface area contributed by atoms with Gasteiger partial charge in [0.1, 0.15) is 12.1 Å². The Balaban J connectivity index is 1.15. The van der Waals surface area contributed by atoms with Gasteiger partial charge in [-0.25, -0.2) is 0 Å². The summed E-state index contributed by atoms with van der Waals surface area (Å²) < 4.78 is 7.04. The van der Waals surface area contributed by atoms with Gasteiger partial charge < -0.3 is 15.0 Å². The van der Waals surface area contributed by atoms with Crippen LogP contribution in [0, 0.1) is 46.3 Å². The maximum absolute atomic E-state index is 12.5. The van der Waals surface area contributed by atoms with E-state index in [1.165, 1.54) is 43.4 Å². The van der Waals surface area contributed by atoms with E-state index in [4.69, 9.17) is 4.74 Å². The van der Waals surface area contributed by atoms with Gasteiger partial charge in [-0.05, 0) is 98.2 Å². The molecule has 2 heterocycles. The summed E-state index contributed by atoms with van der Waals surface area (Å²) in [6.45, 7) is 11.1. The average Bonchev–Trinajstić information content (AvgIpc) is 3.31. The molecule has 0 aromatic rings. The molecule has 0 radical (unpaired) electrons. The summed E-state index contributed by atoms with van der Waals surface area (Å²) in [5, 5.41) is 7.07. The zero-order valence-electron chi connectivity index (χ0n) is 24.6. The van der Waals surface area contributed by atoms with Crippen molar-refractivity contribution in [2.24, 2.45) is 46.3 Å². The number of carbonyl (C=O) groups is 2. The average molecular weight is 526 g/mol. The molecule has 2 aliphatic heterocycles. The van der Waals surface area contributed by atoms with Crippen LogP contribution in [0.3, 0.4) is 0 Å². The lowest BCUT2D eigenvalue weighted by atomic mass is 9.46. The summed E-state index contributed by atoms with van der Waals surface area (Å²) in [7, 11) is 3.41. The first kappa shape index (κ1) is 26.8. The number of hydrogen-bond acceptors (Lipinski definition) is 4. The van der Waals surface area contributed by atoms with Crippen LogP contribution in [0.2, 0.25) is 0 Å². The lowest BCUT2D eigenvalue weighted by Crippen LogP contribution is -2.57. The molecule has 2 amide bonds. The molecule has 6 aliphatic rings. The highest BCUT2D eigenvalue weighted by atomic mass is 16.5. The number of carbonyl (C=O) groups excluding carboxylic acids is 2. The molecule has 0 aromatic carbocycles. The summed E-state index contributed by atoms with van der Waals surface area (Å²) in [6.07, 6.45) is 13.6. The Morgan fingerprint density at radius 3 is 2.61 bits per heavy atom. The summed E-state index contributed by atoms with van der Waals surface area (Å²) in [5.41, 5.74) is 2.11. The summed E-state index contributed by atoms with van der Waals surface area (Å²) in [4.78, 5) is 26.0. The Morgan fingerprint density at radius 2 is 1.89 bits per heavy atom. The van der Waals surface area contributed by atoms with E-state index in [1.54, 1.807) is 19.7 Å². The van der Waals surface area contributed by atoms with Gasteiger partial charge in [0.2, 0.25) is 11.8 Å². The molecule has 6 heteroatoms. The van der Waals surface area contributed by atoms with E-state index < -0.39 is 0 Å². The standard InChI is InChI=1S/C32H51N3O3/c1-19-9-14-32(33-18-19)20(2)29-26(38-32)16-25-23-8-7-21-15-22(34-27(36)17-28(37)35(5)6)10-12-30(21,3)24(23)11-13-31(25,29)4/h7,19-20,22-26,29,33H,8-18H2,1-6H3,(H,34,36)/t19-,20+,22-,23-,24+,25+,26+,29+,30+,31+,32-/m1/s1. The Morgan fingerprint density at radius 1 is 1.11 bits per heavy atom. The molecule has 4 aliphatic carbocycles. The van der Waals surface area contributed by atoms with Crippen LogP contribution in [0.4, 0.5) is 0 Å². The third-order valence-electron chi connectivity index (χ3n) is 12.8. The van der Waals surface area contributed by atoms with Gasteiger partial charge in [0.05, 0.1) is 6.10 Å². The Kier molecular flexibility index (Phi) is 6.58. The van der Waals surface area contributed by atoms with E-state index in [0.717, 1.165) is 49.5 Å². The maximum Gasteiger partial charge on any atom is 0.231 e. The minimum absolute atomic E-state index is 0.0521. The van der Waals surface area contributed by atoms with Crippen molar-refractivity contribution in [1.82, 2.24) is 15.5 Å². The number of rotatable bonds is 3. The number of allylic oxidation sites excluding steroid dienone is 1. The molecule has 6 nitrogen and oxygen atoms in total. The largest absolute Gasteiger partial charge is 0.357 e. The minimum Gasteiger partial charge on any atom is -0.357 e. The molecular formula is C32H51N3O3. The molecule has 6 rings (SSSR count). The van der Waals surface area contributed by atoms with Gasteiger partial charge >= 0.3 is 0 Å². The van der Waals surface area contributed by atoms with Crippen LogP contribution in [0.15, 0.2) is 11.6 Å². The SMILES string of the molecule is C[C@@H]1CC[C@@]2(NC1)O[C@H]1C[C@H]3[C@@H]4CC=C5C[C@H](NC(=O)CC(=O)N(C)C)CC[C@]5(C)[C@H]4CC[C@]3(C)[C@H]1[C@@H]2C. The topological polar surface area (TPSA) is 70.7 Å². The molecule has 38 heavy (non-hydrogen) atoms. The first-order chi connectivity index (χ1) is 18.0. The fourth-order valence-corrected chi connectivity index (χ4v) is 10.6. The number of piperidine rings is 1. The van der Waals surface area contributed by atoms with Crippen molar-refractivity contribution >= 4 is 11.8 Å². The fraction of sp³-hybridized carbons (Fsp3) is 0.875. The predicted molar refractivity (Wildman–Crippen MR) is 149 cm³/mol. The van der Waals surface area contributed by atoms with Gasteiger partial charge in [-0.2, -0.15) is 0 Å². The second-order valence-electron chi connectivity index (χ2n) is 14.9. The quantitative estimate of drug-likeness (QED) is 0.407. The highest BCUT2D eigenvalue weighted by Crippen LogP contribution is 2.70. The van der Waals surface area contributed by atoms with E-state index in [1.807, 2.05) is 0 Å². The van der Waals surface area contributed by atoms with Crippen LogP contribution in [-0.2, 0) is 14.3 Å². The highest BCUT2D eigenvalue weighted by molar-refractivity contribution is 5.96. The second-order valence-corrected chi connectivity index (χ2v) is 14.9. The molecule has 212 valence electrons.